The Balaban J connectivity index is 1.58. The number of nitrogens with zero attached hydrogens (tertiary/aromatic N) is 3. The van der Waals surface area contributed by atoms with E-state index in [1.165, 1.54) is 108 Å². The molecule has 0 spiro atoms. The van der Waals surface area contributed by atoms with E-state index < -0.39 is 71.4 Å². The Hall–Kier alpha value is -11.0. The van der Waals surface area contributed by atoms with Crippen molar-refractivity contribution >= 4 is 93.8 Å². The van der Waals surface area contributed by atoms with Gasteiger partial charge in [0, 0.05) is 55.3 Å². The summed E-state index contributed by atoms with van der Waals surface area (Å²) in [6.45, 7) is 5.11. The molecule has 4 aromatic carbocycles. The van der Waals surface area contributed by atoms with Gasteiger partial charge in [0.25, 0.3) is 23.6 Å². The molecule has 99 heavy (non-hydrogen) atoms. The maximum atomic E-state index is 14.5. The third-order valence-corrected chi connectivity index (χ3v) is 14.8. The summed E-state index contributed by atoms with van der Waals surface area (Å²) in [5, 5.41) is 27.7. The van der Waals surface area contributed by atoms with Crippen LogP contribution in [0.4, 0.5) is 22.7 Å². The number of anilines is 4. The number of ether oxygens (including phenoxy) is 4. The Kier molecular flexibility index (Phi) is 34.6. The molecular weight excluding hydrogens is 1280 g/mol. The number of nitrogens with one attached hydrogen (secondary N) is 10. The van der Waals surface area contributed by atoms with Gasteiger partial charge in [0.1, 0.15) is 47.2 Å². The van der Waals surface area contributed by atoms with Crippen LogP contribution >= 0.6 is 0 Å². The monoisotopic (exact) mass is 1380 g/mol. The molecule has 34 heteroatoms. The minimum absolute atomic E-state index is 0.0143. The summed E-state index contributed by atoms with van der Waals surface area (Å²) < 4.78 is 22.0. The van der Waals surface area contributed by atoms with Crippen molar-refractivity contribution in [1.29, 1.82) is 0 Å². The SMILES string of the molecule is COc1ccc(NC(=O)[C@@H](CCCN=C(N)N)NC(=O)c2cc(NC(=O)[C@@H](CCCN=C(N)N)NC(=O)c3cc(NC(=O)[C@@H](CCCN=C(N)N)NC(=O)c4cc(NC(=O)[C@@H](C)NC(=O)CCCCNC(C)N)ccc4OC)ccc3OC)ccc2OC)cc1C(=O)NCCCCCN. The average Bonchev–Trinajstić information content (AvgIpc) is 0.851. The number of hydrogen-bond donors (Lipinski definition) is 18. The van der Waals surface area contributed by atoms with E-state index in [1.807, 2.05) is 6.92 Å². The summed E-state index contributed by atoms with van der Waals surface area (Å²) >= 11 is 0. The molecule has 0 fully saturated rings. The predicted octanol–water partition coefficient (Wildman–Crippen LogP) is 0.460. The van der Waals surface area contributed by atoms with Gasteiger partial charge in [-0.15, -0.1) is 0 Å². The topological polar surface area (TPSA) is 556 Å². The fourth-order valence-corrected chi connectivity index (χ4v) is 9.68. The minimum atomic E-state index is -1.33. The molecule has 0 bridgehead atoms. The van der Waals surface area contributed by atoms with Crippen LogP contribution in [0.25, 0.3) is 0 Å². The zero-order valence-electron chi connectivity index (χ0n) is 56.8. The van der Waals surface area contributed by atoms with Crippen LogP contribution in [0.2, 0.25) is 0 Å². The Morgan fingerprint density at radius 1 is 0.414 bits per heavy atom. The first-order valence-electron chi connectivity index (χ1n) is 32.1. The van der Waals surface area contributed by atoms with Gasteiger partial charge in [-0.3, -0.25) is 58.1 Å². The van der Waals surface area contributed by atoms with Gasteiger partial charge < -0.3 is 118 Å². The number of nitrogens with two attached hydrogens (primary N) is 8. The number of guanidine groups is 3. The lowest BCUT2D eigenvalue weighted by Crippen LogP contribution is -2.44. The fourth-order valence-electron chi connectivity index (χ4n) is 9.68. The van der Waals surface area contributed by atoms with Gasteiger partial charge in [0.2, 0.25) is 29.5 Å². The summed E-state index contributed by atoms with van der Waals surface area (Å²) in [6.07, 6.45) is 4.17. The molecule has 0 aliphatic carbocycles. The van der Waals surface area contributed by atoms with E-state index in [0.29, 0.717) is 38.9 Å². The molecule has 0 saturated carbocycles. The van der Waals surface area contributed by atoms with Crippen LogP contribution in [-0.4, -0.2) is 169 Å². The largest absolute Gasteiger partial charge is 0.496 e. The van der Waals surface area contributed by atoms with E-state index in [9.17, 15) is 43.2 Å². The quantitative estimate of drug-likeness (QED) is 0.0124. The second-order valence-corrected chi connectivity index (χ2v) is 22.6. The number of methoxy groups -OCH3 is 4. The van der Waals surface area contributed by atoms with Crippen molar-refractivity contribution in [3.05, 3.63) is 95.1 Å². The minimum Gasteiger partial charge on any atom is -0.496 e. The number of aliphatic imine (C=N–C) groups is 3. The molecular formula is C65H97N21O13. The van der Waals surface area contributed by atoms with E-state index in [1.54, 1.807) is 0 Å². The van der Waals surface area contributed by atoms with Gasteiger partial charge >= 0.3 is 0 Å². The van der Waals surface area contributed by atoms with Crippen LogP contribution in [0, 0.1) is 0 Å². The molecule has 1 unspecified atom stereocenters. The van der Waals surface area contributed by atoms with Gasteiger partial charge in [0.05, 0.1) is 56.9 Å². The Morgan fingerprint density at radius 2 is 0.747 bits per heavy atom. The zero-order valence-corrected chi connectivity index (χ0v) is 56.8. The summed E-state index contributed by atoms with van der Waals surface area (Å²) in [6, 6.07) is 12.3. The molecule has 4 rings (SSSR count). The lowest BCUT2D eigenvalue weighted by molar-refractivity contribution is -0.126. The first-order valence-corrected chi connectivity index (χ1v) is 32.1. The molecule has 0 saturated heterocycles. The molecule has 0 aromatic heterocycles. The maximum absolute atomic E-state index is 14.5. The van der Waals surface area contributed by atoms with Crippen LogP contribution in [0.15, 0.2) is 87.8 Å². The summed E-state index contributed by atoms with van der Waals surface area (Å²) in [4.78, 5) is 137. The Labute approximate surface area is 574 Å². The van der Waals surface area contributed by atoms with E-state index in [4.69, 9.17) is 64.8 Å². The predicted molar refractivity (Wildman–Crippen MR) is 378 cm³/mol. The van der Waals surface area contributed by atoms with Crippen LogP contribution in [-0.2, 0) is 24.0 Å². The van der Waals surface area contributed by atoms with Crippen molar-refractivity contribution < 1.29 is 62.1 Å². The first-order chi connectivity index (χ1) is 47.3. The molecule has 34 nitrogen and oxygen atoms in total. The average molecular weight is 1380 g/mol. The lowest BCUT2D eigenvalue weighted by atomic mass is 10.1. The standard InChI is InChI=1S/C65H97N21O13/c1-37(79-54(87)18-8-11-28-74-38(2)67)55(88)80-39-19-24-51(97-4)44(34-39)57(90)84-48(16-13-31-77-64(70)71)61(94)82-41-21-26-53(99-6)46(36-41)59(92)86-49(17-14-32-78-65(72)73)62(95)83-42-22-25-52(98-5)45(35-42)58(91)85-47(15-12-30-76-63(68)69)60(93)81-40-20-23-50(96-3)43(33-40)56(89)75-29-10-7-9-27-66/h19-26,33-38,47-49,74H,7-18,27-32,66-67H2,1-6H3,(H,75,89)(H,79,87)(H,80,88)(H,81,93)(H,82,94)(H,83,95)(H,84,90)(H,85,91)(H,86,92)(H4,68,69,76)(H4,70,71,77)(H4,72,73,78)/t37-,38?,47-,48-,49-/m1/s1. The highest BCUT2D eigenvalue weighted by molar-refractivity contribution is 6.08. The van der Waals surface area contributed by atoms with E-state index in [2.05, 4.69) is 68.1 Å². The molecule has 0 heterocycles. The van der Waals surface area contributed by atoms with Gasteiger partial charge in [-0.25, -0.2) is 0 Å². The fraction of sp³-hybridized carbons (Fsp3) is 0.446. The van der Waals surface area contributed by atoms with Gasteiger partial charge in [-0.05, 0) is 164 Å². The van der Waals surface area contributed by atoms with Gasteiger partial charge in [0.15, 0.2) is 17.9 Å². The number of benzene rings is 4. The van der Waals surface area contributed by atoms with E-state index in [-0.39, 0.29) is 163 Å². The maximum Gasteiger partial charge on any atom is 0.255 e. The molecule has 26 N–H and O–H groups in total. The third kappa shape index (κ3) is 28.3. The van der Waals surface area contributed by atoms with Crippen LogP contribution in [0.5, 0.6) is 23.0 Å². The normalized spacial score (nSPS) is 12.2. The Morgan fingerprint density at radius 3 is 1.07 bits per heavy atom. The van der Waals surface area contributed by atoms with Crippen molar-refractivity contribution in [2.75, 3.05) is 89.0 Å². The number of rotatable bonds is 43. The van der Waals surface area contributed by atoms with Crippen molar-refractivity contribution in [3.63, 3.8) is 0 Å². The second-order valence-electron chi connectivity index (χ2n) is 22.6. The number of hydrogen-bond acceptors (Lipinski definition) is 19. The van der Waals surface area contributed by atoms with Crippen LogP contribution in [0.3, 0.4) is 0 Å². The second kappa shape index (κ2) is 42.5. The molecule has 5 atom stereocenters. The van der Waals surface area contributed by atoms with Crippen molar-refractivity contribution in [3.8, 4) is 23.0 Å². The molecule has 0 aliphatic rings. The highest BCUT2D eigenvalue weighted by atomic mass is 16.5. The molecule has 0 radical (unpaired) electrons. The molecule has 4 aromatic rings. The molecule has 0 aliphatic heterocycles. The van der Waals surface area contributed by atoms with Crippen LogP contribution in [0.1, 0.15) is 132 Å². The van der Waals surface area contributed by atoms with Gasteiger partial charge in [-0.2, -0.15) is 0 Å². The van der Waals surface area contributed by atoms with E-state index >= 15 is 0 Å². The molecule has 9 amide bonds. The highest BCUT2D eigenvalue weighted by Gasteiger charge is 2.29. The number of carbonyl (C=O) groups excluding carboxylic acids is 9. The highest BCUT2D eigenvalue weighted by Crippen LogP contribution is 2.28. The summed E-state index contributed by atoms with van der Waals surface area (Å²) in [5.74, 6) is -6.10. The number of carbonyl (C=O) groups is 9. The number of unbranched alkanes of at least 4 members (excludes halogenated alkanes) is 3. The number of amides is 9. The van der Waals surface area contributed by atoms with Crippen molar-refractivity contribution in [2.45, 2.75) is 121 Å². The third-order valence-electron chi connectivity index (χ3n) is 14.8. The molecule has 540 valence electrons. The van der Waals surface area contributed by atoms with Crippen molar-refractivity contribution in [1.82, 2.24) is 31.9 Å². The smallest absolute Gasteiger partial charge is 0.255 e. The Bertz CT molecular complexity index is 3480. The van der Waals surface area contributed by atoms with Gasteiger partial charge in [-0.1, -0.05) is 6.42 Å². The van der Waals surface area contributed by atoms with Crippen LogP contribution < -0.4 is 118 Å². The lowest BCUT2D eigenvalue weighted by Gasteiger charge is -2.21. The first kappa shape index (κ1) is 80.4. The summed E-state index contributed by atoms with van der Waals surface area (Å²) in [7, 11) is 5.35. The summed E-state index contributed by atoms with van der Waals surface area (Å²) in [5.41, 5.74) is 45.1. The van der Waals surface area contributed by atoms with Crippen molar-refractivity contribution in [2.24, 2.45) is 60.8 Å². The van der Waals surface area contributed by atoms with E-state index in [0.717, 1.165) is 12.8 Å². The zero-order chi connectivity index (χ0) is 73.0.